The number of hydrogen-bond acceptors (Lipinski definition) is 6. The predicted molar refractivity (Wildman–Crippen MR) is 98.2 cm³/mol. The van der Waals surface area contributed by atoms with Crippen molar-refractivity contribution in [3.63, 3.8) is 0 Å². The third kappa shape index (κ3) is 3.92. The van der Waals surface area contributed by atoms with Crippen molar-refractivity contribution in [1.82, 2.24) is 9.78 Å². The molecule has 0 radical (unpaired) electrons. The minimum atomic E-state index is -4.33. The smallest absolute Gasteiger partial charge is 0.299 e. The van der Waals surface area contributed by atoms with Crippen molar-refractivity contribution in [3.05, 3.63) is 63.5 Å². The highest BCUT2D eigenvalue weighted by Crippen LogP contribution is 2.30. The third-order valence-corrected chi connectivity index (χ3v) is 4.73. The van der Waals surface area contributed by atoms with E-state index in [4.69, 9.17) is 16.2 Å². The summed E-state index contributed by atoms with van der Waals surface area (Å²) in [5.41, 5.74) is 0.323. The van der Waals surface area contributed by atoms with E-state index in [1.54, 1.807) is 6.92 Å². The number of nitrogens with zero attached hydrogens (tertiary/aromatic N) is 3. The average molecular weight is 409 g/mol. The standard InChI is InChI=1S/C16H13ClN4O5S/c1-9-15(19-18-13-8-10(17)2-7-14(13)22)16(23)21(20-9)11-3-5-12(6-4-11)27(24,25)26/h2-8,20,22H,1H3,(H,24,25,26). The maximum atomic E-state index is 12.6. The van der Waals surface area contributed by atoms with Crippen molar-refractivity contribution in [1.29, 1.82) is 0 Å². The van der Waals surface area contributed by atoms with Gasteiger partial charge in [-0.25, -0.2) is 4.68 Å². The molecule has 0 aliphatic heterocycles. The minimum Gasteiger partial charge on any atom is -0.506 e. The highest BCUT2D eigenvalue weighted by Gasteiger charge is 2.14. The maximum Gasteiger partial charge on any atom is 0.299 e. The summed E-state index contributed by atoms with van der Waals surface area (Å²) < 4.78 is 32.4. The van der Waals surface area contributed by atoms with Gasteiger partial charge in [0.1, 0.15) is 11.4 Å². The molecule has 3 N–H and O–H groups in total. The van der Waals surface area contributed by atoms with Crippen LogP contribution < -0.4 is 5.56 Å². The quantitative estimate of drug-likeness (QED) is 0.448. The zero-order valence-corrected chi connectivity index (χ0v) is 15.4. The molecule has 0 aliphatic rings. The number of aromatic hydroxyl groups is 1. The third-order valence-electron chi connectivity index (χ3n) is 3.63. The molecule has 140 valence electrons. The second-order valence-electron chi connectivity index (χ2n) is 5.53. The monoisotopic (exact) mass is 408 g/mol. The van der Waals surface area contributed by atoms with Crippen LogP contribution in [-0.2, 0) is 10.1 Å². The first-order valence-electron chi connectivity index (χ1n) is 7.46. The Kier molecular flexibility index (Phi) is 4.87. The Bertz CT molecular complexity index is 1200. The van der Waals surface area contributed by atoms with Gasteiger partial charge in [0, 0.05) is 5.02 Å². The van der Waals surface area contributed by atoms with Crippen molar-refractivity contribution >= 4 is 33.1 Å². The Balaban J connectivity index is 1.99. The first-order chi connectivity index (χ1) is 12.7. The second kappa shape index (κ2) is 6.99. The Morgan fingerprint density at radius 3 is 2.41 bits per heavy atom. The van der Waals surface area contributed by atoms with E-state index in [1.807, 2.05) is 0 Å². The van der Waals surface area contributed by atoms with Gasteiger partial charge in [-0.05, 0) is 49.4 Å². The lowest BCUT2D eigenvalue weighted by Crippen LogP contribution is -2.14. The SMILES string of the molecule is Cc1[nH]n(-c2ccc(S(=O)(=O)O)cc2)c(=O)c1N=Nc1cc(Cl)ccc1O. The highest BCUT2D eigenvalue weighted by molar-refractivity contribution is 7.85. The molecule has 1 heterocycles. The van der Waals surface area contributed by atoms with Crippen molar-refractivity contribution < 1.29 is 18.1 Å². The van der Waals surface area contributed by atoms with Crippen LogP contribution in [0.15, 0.2) is 62.4 Å². The fraction of sp³-hybridized carbons (Fsp3) is 0.0625. The number of halogens is 1. The van der Waals surface area contributed by atoms with Gasteiger partial charge >= 0.3 is 0 Å². The van der Waals surface area contributed by atoms with E-state index in [9.17, 15) is 18.3 Å². The van der Waals surface area contributed by atoms with Crippen LogP contribution in [0.1, 0.15) is 5.69 Å². The van der Waals surface area contributed by atoms with Crippen LogP contribution in [-0.4, -0.2) is 27.9 Å². The summed E-state index contributed by atoms with van der Waals surface area (Å²) in [6, 6.07) is 9.27. The molecule has 0 aliphatic carbocycles. The Labute approximate surface area is 158 Å². The molecule has 2 aromatic carbocycles. The number of phenols is 1. The molecule has 0 bridgehead atoms. The second-order valence-corrected chi connectivity index (χ2v) is 7.39. The predicted octanol–water partition coefficient (Wildman–Crippen LogP) is 3.50. The van der Waals surface area contributed by atoms with Gasteiger partial charge in [-0.1, -0.05) is 11.6 Å². The summed E-state index contributed by atoms with van der Waals surface area (Å²) in [6.07, 6.45) is 0. The number of aromatic amines is 1. The summed E-state index contributed by atoms with van der Waals surface area (Å²) in [4.78, 5) is 12.3. The maximum absolute atomic E-state index is 12.6. The van der Waals surface area contributed by atoms with E-state index in [-0.39, 0.29) is 22.0 Å². The van der Waals surface area contributed by atoms with Gasteiger partial charge in [-0.3, -0.25) is 14.4 Å². The number of rotatable bonds is 4. The number of aromatic nitrogens is 2. The number of azo groups is 1. The highest BCUT2D eigenvalue weighted by atomic mass is 35.5. The first-order valence-corrected chi connectivity index (χ1v) is 9.28. The van der Waals surface area contributed by atoms with Crippen molar-refractivity contribution in [2.24, 2.45) is 10.2 Å². The van der Waals surface area contributed by atoms with Gasteiger partial charge < -0.3 is 5.11 Å². The molecule has 9 nitrogen and oxygen atoms in total. The fourth-order valence-corrected chi connectivity index (χ4v) is 2.93. The Morgan fingerprint density at radius 2 is 1.78 bits per heavy atom. The van der Waals surface area contributed by atoms with Gasteiger partial charge in [-0.15, -0.1) is 10.2 Å². The molecule has 0 unspecified atom stereocenters. The zero-order chi connectivity index (χ0) is 19.8. The summed E-state index contributed by atoms with van der Waals surface area (Å²) in [5, 5.41) is 20.6. The summed E-state index contributed by atoms with van der Waals surface area (Å²) in [6.45, 7) is 1.61. The van der Waals surface area contributed by atoms with E-state index < -0.39 is 15.7 Å². The topological polar surface area (TPSA) is 137 Å². The van der Waals surface area contributed by atoms with E-state index in [1.165, 1.54) is 42.5 Å². The molecule has 11 heteroatoms. The van der Waals surface area contributed by atoms with Gasteiger partial charge in [-0.2, -0.15) is 8.42 Å². The molecule has 1 aromatic heterocycles. The molecular formula is C16H13ClN4O5S. The van der Waals surface area contributed by atoms with Crippen LogP contribution >= 0.6 is 11.6 Å². The number of hydrogen-bond donors (Lipinski definition) is 3. The zero-order valence-electron chi connectivity index (χ0n) is 13.8. The van der Waals surface area contributed by atoms with Crippen molar-refractivity contribution in [2.75, 3.05) is 0 Å². The van der Waals surface area contributed by atoms with E-state index >= 15 is 0 Å². The number of H-pyrrole nitrogens is 1. The Hall–Kier alpha value is -2.95. The van der Waals surface area contributed by atoms with Gasteiger partial charge in [0.2, 0.25) is 0 Å². The molecule has 0 saturated heterocycles. The molecule has 0 spiro atoms. The van der Waals surface area contributed by atoms with Crippen LogP contribution in [0.4, 0.5) is 11.4 Å². The molecular weight excluding hydrogens is 396 g/mol. The number of nitrogens with one attached hydrogen (secondary N) is 1. The van der Waals surface area contributed by atoms with E-state index in [0.717, 1.165) is 4.68 Å². The number of phenolic OH excluding ortho intramolecular Hbond substituents is 1. The van der Waals surface area contributed by atoms with Crippen molar-refractivity contribution in [2.45, 2.75) is 11.8 Å². The lowest BCUT2D eigenvalue weighted by atomic mass is 10.3. The van der Waals surface area contributed by atoms with E-state index in [2.05, 4.69) is 15.3 Å². The summed E-state index contributed by atoms with van der Waals surface area (Å²) >= 11 is 5.84. The van der Waals surface area contributed by atoms with Crippen LogP contribution in [0.5, 0.6) is 5.75 Å². The van der Waals surface area contributed by atoms with Crippen LogP contribution in [0.3, 0.4) is 0 Å². The lowest BCUT2D eigenvalue weighted by Gasteiger charge is -2.02. The summed E-state index contributed by atoms with van der Waals surface area (Å²) in [7, 11) is -4.33. The molecule has 3 aromatic rings. The van der Waals surface area contributed by atoms with Crippen LogP contribution in [0.2, 0.25) is 5.02 Å². The normalized spacial score (nSPS) is 12.0. The van der Waals surface area contributed by atoms with Gasteiger partial charge in [0.05, 0.1) is 16.3 Å². The number of aryl methyl sites for hydroxylation is 1. The summed E-state index contributed by atoms with van der Waals surface area (Å²) in [5.74, 6) is -0.141. The van der Waals surface area contributed by atoms with Gasteiger partial charge in [0.25, 0.3) is 15.7 Å². The fourth-order valence-electron chi connectivity index (χ4n) is 2.29. The Morgan fingerprint density at radius 1 is 1.11 bits per heavy atom. The number of benzene rings is 2. The molecule has 0 amide bonds. The lowest BCUT2D eigenvalue weighted by molar-refractivity contribution is 0.476. The molecule has 3 rings (SSSR count). The average Bonchev–Trinajstić information content (AvgIpc) is 2.89. The first kappa shape index (κ1) is 18.8. The van der Waals surface area contributed by atoms with Crippen LogP contribution in [0, 0.1) is 6.92 Å². The van der Waals surface area contributed by atoms with Gasteiger partial charge in [0.15, 0.2) is 5.69 Å². The molecule has 0 saturated carbocycles. The molecule has 0 fully saturated rings. The minimum absolute atomic E-state index is 0.00762. The van der Waals surface area contributed by atoms with Crippen LogP contribution in [0.25, 0.3) is 5.69 Å². The molecule has 27 heavy (non-hydrogen) atoms. The largest absolute Gasteiger partial charge is 0.506 e. The van der Waals surface area contributed by atoms with Crippen molar-refractivity contribution in [3.8, 4) is 11.4 Å². The molecule has 0 atom stereocenters. The van der Waals surface area contributed by atoms with E-state index in [0.29, 0.717) is 16.4 Å².